The number of azo groups is 1. The van der Waals surface area contributed by atoms with Gasteiger partial charge in [0, 0.05) is 28.2 Å². The summed E-state index contributed by atoms with van der Waals surface area (Å²) in [4.78, 5) is 24.0. The van der Waals surface area contributed by atoms with Gasteiger partial charge in [0.05, 0.1) is 30.2 Å². The zero-order valence-electron chi connectivity index (χ0n) is 35.6. The molecule has 9 heteroatoms. The average Bonchev–Trinajstić information content (AvgIpc) is 3.21. The summed E-state index contributed by atoms with van der Waals surface area (Å²) in [6.45, 7) is 20.1. The fourth-order valence-corrected chi connectivity index (χ4v) is 7.09. The molecule has 0 saturated carbocycles. The van der Waals surface area contributed by atoms with Gasteiger partial charge in [-0.2, -0.15) is 5.11 Å². The molecular formula is C50H58N4O5. The Bertz CT molecular complexity index is 2290. The number of hydrogen-bond acceptors (Lipinski definition) is 9. The third-order valence-corrected chi connectivity index (χ3v) is 11.8. The first-order chi connectivity index (χ1) is 28.2. The second-order valence-electron chi connectivity index (χ2n) is 17.2. The Morgan fingerprint density at radius 2 is 1.41 bits per heavy atom. The Labute approximate surface area is 349 Å². The molecule has 1 aliphatic heterocycles. The first-order valence-electron chi connectivity index (χ1n) is 20.6. The van der Waals surface area contributed by atoms with Crippen LogP contribution in [0.3, 0.4) is 0 Å². The summed E-state index contributed by atoms with van der Waals surface area (Å²) in [6.07, 6.45) is 6.40. The molecule has 0 amide bonds. The molecule has 5 aromatic rings. The van der Waals surface area contributed by atoms with Gasteiger partial charge in [-0.25, -0.2) is 9.59 Å². The van der Waals surface area contributed by atoms with Crippen LogP contribution in [-0.2, 0) is 21.4 Å². The van der Waals surface area contributed by atoms with E-state index in [4.69, 9.17) is 24.4 Å². The lowest BCUT2D eigenvalue weighted by Gasteiger charge is -2.39. The Morgan fingerprint density at radius 3 is 2.08 bits per heavy atom. The molecule has 1 unspecified atom stereocenters. The molecule has 0 radical (unpaired) electrons. The number of esters is 2. The number of carbonyl (C=O) groups excluding carboxylic acids is 2. The predicted octanol–water partition coefficient (Wildman–Crippen LogP) is 13.0. The molecule has 308 valence electrons. The largest absolute Gasteiger partial charge is 0.494 e. The second-order valence-corrected chi connectivity index (χ2v) is 17.2. The van der Waals surface area contributed by atoms with Gasteiger partial charge in [0.25, 0.3) is 0 Å². The van der Waals surface area contributed by atoms with E-state index in [1.54, 1.807) is 24.3 Å². The lowest BCUT2D eigenvalue weighted by atomic mass is 9.65. The van der Waals surface area contributed by atoms with Crippen molar-refractivity contribution >= 4 is 45.5 Å². The molecular weight excluding hydrogens is 737 g/mol. The number of anilines is 2. The van der Waals surface area contributed by atoms with Crippen LogP contribution in [0.2, 0.25) is 0 Å². The third-order valence-electron chi connectivity index (χ3n) is 11.8. The number of nitrogens with one attached hydrogen (secondary N) is 2. The van der Waals surface area contributed by atoms with Crippen molar-refractivity contribution in [3.63, 3.8) is 0 Å². The maximum absolute atomic E-state index is 12.9. The lowest BCUT2D eigenvalue weighted by molar-refractivity contribution is -0.137. The molecule has 1 heterocycles. The van der Waals surface area contributed by atoms with Crippen LogP contribution >= 0.6 is 0 Å². The number of ether oxygens (including phenoxy) is 3. The normalized spacial score (nSPS) is 15.0. The molecule has 59 heavy (non-hydrogen) atoms. The van der Waals surface area contributed by atoms with Gasteiger partial charge in [-0.1, -0.05) is 77.6 Å². The van der Waals surface area contributed by atoms with Crippen LogP contribution in [-0.4, -0.2) is 30.8 Å². The van der Waals surface area contributed by atoms with Crippen molar-refractivity contribution in [1.82, 2.24) is 0 Å². The van der Waals surface area contributed by atoms with Gasteiger partial charge in [-0.3, -0.25) is 0 Å². The maximum Gasteiger partial charge on any atom is 0.343 e. The summed E-state index contributed by atoms with van der Waals surface area (Å²) in [7, 11) is 0. The van der Waals surface area contributed by atoms with Crippen LogP contribution in [0.1, 0.15) is 101 Å². The molecule has 0 aromatic heterocycles. The molecule has 2 N–H and O–H groups in total. The zero-order valence-corrected chi connectivity index (χ0v) is 35.6. The Hall–Kier alpha value is -5.96. The van der Waals surface area contributed by atoms with Gasteiger partial charge in [-0.05, 0) is 141 Å². The van der Waals surface area contributed by atoms with Gasteiger partial charge in [0.1, 0.15) is 17.2 Å². The molecule has 1 atom stereocenters. The summed E-state index contributed by atoms with van der Waals surface area (Å²) < 4.78 is 16.5. The van der Waals surface area contributed by atoms with Gasteiger partial charge < -0.3 is 24.8 Å². The topological polar surface area (TPSA) is 111 Å². The first-order valence-corrected chi connectivity index (χ1v) is 20.6. The maximum atomic E-state index is 12.9. The van der Waals surface area contributed by atoms with Gasteiger partial charge in [-0.15, -0.1) is 5.11 Å². The molecule has 0 spiro atoms. The third kappa shape index (κ3) is 10.6. The van der Waals surface area contributed by atoms with Gasteiger partial charge in [0.15, 0.2) is 0 Å². The highest BCUT2D eigenvalue weighted by Gasteiger charge is 2.34. The molecule has 0 saturated heterocycles. The minimum atomic E-state index is -0.424. The fourth-order valence-electron chi connectivity index (χ4n) is 7.09. The van der Waals surface area contributed by atoms with Crippen LogP contribution in [0.25, 0.3) is 10.8 Å². The van der Waals surface area contributed by atoms with Crippen LogP contribution < -0.4 is 20.1 Å². The van der Waals surface area contributed by atoms with Crippen LogP contribution in [0.5, 0.6) is 11.5 Å². The van der Waals surface area contributed by atoms with E-state index in [1.165, 1.54) is 11.6 Å². The van der Waals surface area contributed by atoms with E-state index in [0.717, 1.165) is 83.2 Å². The second kappa shape index (κ2) is 18.3. The molecule has 6 rings (SSSR count). The zero-order chi connectivity index (χ0) is 42.2. The highest BCUT2D eigenvalue weighted by Crippen LogP contribution is 2.44. The van der Waals surface area contributed by atoms with E-state index >= 15 is 0 Å². The molecule has 1 aliphatic rings. The average molecular weight is 795 g/mol. The monoisotopic (exact) mass is 794 g/mol. The summed E-state index contributed by atoms with van der Waals surface area (Å²) in [6, 6.07) is 31.6. The van der Waals surface area contributed by atoms with Gasteiger partial charge in [0.2, 0.25) is 0 Å². The summed E-state index contributed by atoms with van der Waals surface area (Å²) in [5, 5.41) is 19.1. The molecule has 0 aliphatic carbocycles. The van der Waals surface area contributed by atoms with E-state index in [9.17, 15) is 9.59 Å². The number of hydrogen-bond donors (Lipinski definition) is 2. The SMILES string of the molecule is C=CC(=O)OCCCCCCOc1ccc(C(=O)Oc2ccc(CCC3(C)Nc4cccc5c(N=Nc6ccc(C(C)(C)C(C)(C)C)cc6C)ccc(c45)N3)cc2)cc1. The van der Waals surface area contributed by atoms with E-state index in [-0.39, 0.29) is 16.8 Å². The van der Waals surface area contributed by atoms with Crippen LogP contribution in [0, 0.1) is 12.3 Å². The molecule has 0 fully saturated rings. The van der Waals surface area contributed by atoms with Gasteiger partial charge >= 0.3 is 11.9 Å². The van der Waals surface area contributed by atoms with Crippen LogP contribution in [0.4, 0.5) is 22.7 Å². The minimum Gasteiger partial charge on any atom is -0.494 e. The van der Waals surface area contributed by atoms with E-state index in [0.29, 0.717) is 30.3 Å². The highest BCUT2D eigenvalue weighted by atomic mass is 16.5. The highest BCUT2D eigenvalue weighted by molar-refractivity contribution is 6.09. The molecule has 9 nitrogen and oxygen atoms in total. The lowest BCUT2D eigenvalue weighted by Crippen LogP contribution is -2.45. The van der Waals surface area contributed by atoms with Crippen molar-refractivity contribution in [1.29, 1.82) is 0 Å². The van der Waals surface area contributed by atoms with Crippen molar-refractivity contribution in [3.8, 4) is 11.5 Å². The number of carbonyl (C=O) groups is 2. The van der Waals surface area contributed by atoms with Crippen molar-refractivity contribution in [2.45, 2.75) is 98.1 Å². The number of rotatable bonds is 17. The predicted molar refractivity (Wildman–Crippen MR) is 239 cm³/mol. The summed E-state index contributed by atoms with van der Waals surface area (Å²) in [5.41, 5.74) is 7.54. The van der Waals surface area contributed by atoms with E-state index in [1.807, 2.05) is 30.3 Å². The van der Waals surface area contributed by atoms with Crippen LogP contribution in [0.15, 0.2) is 120 Å². The van der Waals surface area contributed by atoms with Crippen molar-refractivity contribution in [2.24, 2.45) is 15.6 Å². The van der Waals surface area contributed by atoms with E-state index in [2.05, 4.69) is 108 Å². The molecule has 5 aromatic carbocycles. The number of nitrogens with zero attached hydrogens (tertiary/aromatic N) is 2. The fraction of sp³-hybridized carbons (Fsp3) is 0.360. The number of aryl methyl sites for hydroxylation is 2. The Balaban J connectivity index is 0.995. The molecule has 0 bridgehead atoms. The van der Waals surface area contributed by atoms with Crippen molar-refractivity contribution in [2.75, 3.05) is 23.8 Å². The number of benzene rings is 5. The minimum absolute atomic E-state index is 0.0161. The van der Waals surface area contributed by atoms with Crippen molar-refractivity contribution in [3.05, 3.63) is 132 Å². The van der Waals surface area contributed by atoms with E-state index < -0.39 is 11.6 Å². The smallest absolute Gasteiger partial charge is 0.343 e. The van der Waals surface area contributed by atoms with Crippen molar-refractivity contribution < 1.29 is 23.8 Å². The summed E-state index contributed by atoms with van der Waals surface area (Å²) in [5.74, 6) is 0.371. The standard InChI is InChI=1S/C50H58N4O5/c1-9-45(55)58-32-13-11-10-12-31-57-38-24-19-36(20-25-38)47(56)59-39-22-17-35(18-23-39)29-30-50(8)51-43-16-14-15-40-42(27-28-44(52-50)46(40)43)54-53-41-26-21-37(33-34(41)2)49(6,7)48(3,4)5/h9,14-28,33,51-52H,1,10-13,29-32H2,2-8H3. The summed E-state index contributed by atoms with van der Waals surface area (Å²) >= 11 is 0. The Kier molecular flexibility index (Phi) is 13.2. The first kappa shape index (κ1) is 42.6. The Morgan fingerprint density at radius 1 is 0.763 bits per heavy atom. The quantitative estimate of drug-likeness (QED) is 0.0317. The number of unbranched alkanes of at least 4 members (excludes halogenated alkanes) is 3.